The van der Waals surface area contributed by atoms with Crippen LogP contribution in [0.3, 0.4) is 0 Å². The zero-order chi connectivity index (χ0) is 7.28. The molecule has 0 aliphatic heterocycles. The molecule has 9 heavy (non-hydrogen) atoms. The Bertz CT molecular complexity index is 66.1. The van der Waals surface area contributed by atoms with Crippen LogP contribution >= 0.6 is 0 Å². The van der Waals surface area contributed by atoms with E-state index < -0.39 is 0 Å². The van der Waals surface area contributed by atoms with E-state index in [9.17, 15) is 0 Å². The first kappa shape index (κ1) is 8.88. The number of methoxy groups -OCH3 is 1. The minimum absolute atomic E-state index is 0.0696. The molecule has 0 spiro atoms. The molecule has 0 aliphatic carbocycles. The molecule has 2 N–H and O–H groups in total. The van der Waals surface area contributed by atoms with Gasteiger partial charge in [-0.1, -0.05) is 0 Å². The van der Waals surface area contributed by atoms with Crippen molar-refractivity contribution in [3.05, 3.63) is 0 Å². The molecule has 0 saturated carbocycles. The molecule has 0 rings (SSSR count). The molecule has 3 nitrogen and oxygen atoms in total. The molecule has 0 aromatic rings. The predicted molar refractivity (Wildman–Crippen MR) is 36.1 cm³/mol. The Morgan fingerprint density at radius 2 is 2.00 bits per heavy atom. The van der Waals surface area contributed by atoms with Crippen molar-refractivity contribution in [2.75, 3.05) is 13.9 Å². The van der Waals surface area contributed by atoms with E-state index >= 15 is 0 Å². The summed E-state index contributed by atoms with van der Waals surface area (Å²) in [6, 6.07) is 0.0696. The Labute approximate surface area is 56.1 Å². The molecule has 0 fully saturated rings. The number of ether oxygens (including phenoxy) is 2. The molecule has 0 heterocycles. The number of hydrogen-bond acceptors (Lipinski definition) is 3. The lowest BCUT2D eigenvalue weighted by molar-refractivity contribution is -0.0708. The third kappa shape index (κ3) is 4.39. The van der Waals surface area contributed by atoms with E-state index in [1.165, 1.54) is 0 Å². The molecule has 0 unspecified atom stereocenters. The van der Waals surface area contributed by atoms with Gasteiger partial charge in [-0.15, -0.1) is 0 Å². The van der Waals surface area contributed by atoms with Crippen molar-refractivity contribution in [1.82, 2.24) is 0 Å². The first-order valence-electron chi connectivity index (χ1n) is 3.04. The summed E-state index contributed by atoms with van der Waals surface area (Å²) >= 11 is 0. The molecule has 0 aliphatic rings. The zero-order valence-electron chi connectivity index (χ0n) is 6.26. The minimum atomic E-state index is 0.0696. The van der Waals surface area contributed by atoms with Gasteiger partial charge in [-0.05, 0) is 13.8 Å². The van der Waals surface area contributed by atoms with Gasteiger partial charge < -0.3 is 15.2 Å². The van der Waals surface area contributed by atoms with Crippen LogP contribution in [0.15, 0.2) is 0 Å². The van der Waals surface area contributed by atoms with E-state index in [2.05, 4.69) is 4.74 Å². The highest BCUT2D eigenvalue weighted by atomic mass is 16.7. The van der Waals surface area contributed by atoms with Crippen molar-refractivity contribution in [1.29, 1.82) is 0 Å². The monoisotopic (exact) mass is 133 g/mol. The standard InChI is InChI=1S/C6H15NO2/c1-5(7)6(2)9-4-8-3/h5-6H,4,7H2,1-3H3/t5-,6+/m1/s1. The molecular weight excluding hydrogens is 118 g/mol. The first-order chi connectivity index (χ1) is 4.18. The van der Waals surface area contributed by atoms with Crippen LogP contribution in [0.25, 0.3) is 0 Å². The SMILES string of the molecule is COCO[C@@H](C)[C@@H](C)N. The quantitative estimate of drug-likeness (QED) is 0.562. The van der Waals surface area contributed by atoms with Crippen molar-refractivity contribution in [3.8, 4) is 0 Å². The fourth-order valence-corrected chi connectivity index (χ4v) is 0.327. The van der Waals surface area contributed by atoms with E-state index in [-0.39, 0.29) is 12.1 Å². The van der Waals surface area contributed by atoms with Crippen LogP contribution in [0, 0.1) is 0 Å². The van der Waals surface area contributed by atoms with Crippen molar-refractivity contribution >= 4 is 0 Å². The van der Waals surface area contributed by atoms with Crippen molar-refractivity contribution in [3.63, 3.8) is 0 Å². The van der Waals surface area contributed by atoms with E-state index in [1.807, 2.05) is 13.8 Å². The maximum absolute atomic E-state index is 5.50. The lowest BCUT2D eigenvalue weighted by Crippen LogP contribution is -2.31. The molecule has 56 valence electrons. The van der Waals surface area contributed by atoms with Crippen LogP contribution in [0.2, 0.25) is 0 Å². The first-order valence-corrected chi connectivity index (χ1v) is 3.04. The molecule has 0 bridgehead atoms. The van der Waals surface area contributed by atoms with Crippen LogP contribution in [0.4, 0.5) is 0 Å². The molecule has 2 atom stereocenters. The van der Waals surface area contributed by atoms with Gasteiger partial charge in [0.2, 0.25) is 0 Å². The van der Waals surface area contributed by atoms with Gasteiger partial charge in [-0.25, -0.2) is 0 Å². The average molecular weight is 133 g/mol. The summed E-state index contributed by atoms with van der Waals surface area (Å²) in [4.78, 5) is 0. The lowest BCUT2D eigenvalue weighted by atomic mass is 10.2. The van der Waals surface area contributed by atoms with Gasteiger partial charge in [0.25, 0.3) is 0 Å². The summed E-state index contributed by atoms with van der Waals surface area (Å²) in [6.07, 6.45) is 0.0740. The summed E-state index contributed by atoms with van der Waals surface area (Å²) in [6.45, 7) is 4.15. The number of hydrogen-bond donors (Lipinski definition) is 1. The zero-order valence-corrected chi connectivity index (χ0v) is 6.26. The molecule has 0 aromatic heterocycles. The summed E-state index contributed by atoms with van der Waals surface area (Å²) in [5.74, 6) is 0. The molecular formula is C6H15NO2. The topological polar surface area (TPSA) is 44.5 Å². The van der Waals surface area contributed by atoms with Crippen LogP contribution in [0.5, 0.6) is 0 Å². The fraction of sp³-hybridized carbons (Fsp3) is 1.00. The molecule has 0 amide bonds. The van der Waals surface area contributed by atoms with E-state index in [4.69, 9.17) is 10.5 Å². The second kappa shape index (κ2) is 4.73. The maximum Gasteiger partial charge on any atom is 0.146 e. The number of rotatable bonds is 4. The van der Waals surface area contributed by atoms with Gasteiger partial charge in [-0.3, -0.25) is 0 Å². The van der Waals surface area contributed by atoms with Crippen LogP contribution in [0.1, 0.15) is 13.8 Å². The minimum Gasteiger partial charge on any atom is -0.359 e. The normalized spacial score (nSPS) is 17.3. The predicted octanol–water partition coefficient (Wildman–Crippen LogP) is 0.343. The Morgan fingerprint density at radius 1 is 1.44 bits per heavy atom. The Hall–Kier alpha value is -0.120. The Morgan fingerprint density at radius 3 is 2.33 bits per heavy atom. The summed E-state index contributed by atoms with van der Waals surface area (Å²) in [7, 11) is 1.59. The largest absolute Gasteiger partial charge is 0.359 e. The van der Waals surface area contributed by atoms with E-state index in [0.717, 1.165) is 0 Å². The van der Waals surface area contributed by atoms with Crippen LogP contribution in [-0.2, 0) is 9.47 Å². The molecule has 0 radical (unpaired) electrons. The van der Waals surface area contributed by atoms with E-state index in [0.29, 0.717) is 6.79 Å². The van der Waals surface area contributed by atoms with Crippen LogP contribution in [-0.4, -0.2) is 26.0 Å². The van der Waals surface area contributed by atoms with Crippen molar-refractivity contribution in [2.24, 2.45) is 5.73 Å². The third-order valence-corrected chi connectivity index (χ3v) is 1.19. The van der Waals surface area contributed by atoms with Crippen molar-refractivity contribution < 1.29 is 9.47 Å². The smallest absolute Gasteiger partial charge is 0.146 e. The number of nitrogens with two attached hydrogens (primary N) is 1. The van der Waals surface area contributed by atoms with Gasteiger partial charge in [0.15, 0.2) is 0 Å². The van der Waals surface area contributed by atoms with E-state index in [1.54, 1.807) is 7.11 Å². The van der Waals surface area contributed by atoms with Crippen molar-refractivity contribution in [2.45, 2.75) is 26.0 Å². The van der Waals surface area contributed by atoms with Gasteiger partial charge >= 0.3 is 0 Å². The van der Waals surface area contributed by atoms with Crippen LogP contribution < -0.4 is 5.73 Å². The third-order valence-electron chi connectivity index (χ3n) is 1.19. The second-order valence-corrected chi connectivity index (χ2v) is 2.14. The second-order valence-electron chi connectivity index (χ2n) is 2.14. The molecule has 3 heteroatoms. The van der Waals surface area contributed by atoms with Gasteiger partial charge in [0, 0.05) is 13.2 Å². The van der Waals surface area contributed by atoms with Gasteiger partial charge in [0.05, 0.1) is 6.10 Å². The van der Waals surface area contributed by atoms with Gasteiger partial charge in [-0.2, -0.15) is 0 Å². The highest BCUT2D eigenvalue weighted by Crippen LogP contribution is 1.93. The summed E-state index contributed by atoms with van der Waals surface area (Å²) in [5, 5.41) is 0. The molecule has 0 aromatic carbocycles. The Kier molecular flexibility index (Phi) is 4.67. The highest BCUT2D eigenvalue weighted by molar-refractivity contribution is 4.60. The maximum atomic E-state index is 5.50. The summed E-state index contributed by atoms with van der Waals surface area (Å²) in [5.41, 5.74) is 5.50. The Balaban J connectivity index is 3.16. The fourth-order valence-electron chi connectivity index (χ4n) is 0.327. The highest BCUT2D eigenvalue weighted by Gasteiger charge is 2.05. The lowest BCUT2D eigenvalue weighted by Gasteiger charge is -2.14. The summed E-state index contributed by atoms with van der Waals surface area (Å²) < 4.78 is 9.79. The molecule has 0 saturated heterocycles. The van der Waals surface area contributed by atoms with Gasteiger partial charge in [0.1, 0.15) is 6.79 Å². The average Bonchev–Trinajstić information content (AvgIpc) is 1.82.